The van der Waals surface area contributed by atoms with Crippen molar-refractivity contribution in [3.8, 4) is 0 Å². The van der Waals surface area contributed by atoms with Gasteiger partial charge in [-0.15, -0.1) is 0 Å². The van der Waals surface area contributed by atoms with Gasteiger partial charge in [-0.3, -0.25) is 9.11 Å². The van der Waals surface area contributed by atoms with E-state index >= 15 is 0 Å². The lowest BCUT2D eigenvalue weighted by atomic mass is 9.97. The van der Waals surface area contributed by atoms with Crippen molar-refractivity contribution in [2.24, 2.45) is 0 Å². The summed E-state index contributed by atoms with van der Waals surface area (Å²) in [7, 11) is 1.31. The molecule has 0 N–H and O–H groups in total. The molecule has 0 aliphatic carbocycles. The SMILES string of the molecule is CN1CCS(=O)[C@H](c2ccccc2)[C@H]1c1ccccc1. The van der Waals surface area contributed by atoms with E-state index in [0.717, 1.165) is 12.3 Å². The molecular weight excluding hydrogens is 266 g/mol. The van der Waals surface area contributed by atoms with Crippen LogP contribution < -0.4 is 0 Å². The van der Waals surface area contributed by atoms with Crippen molar-refractivity contribution < 1.29 is 4.21 Å². The van der Waals surface area contributed by atoms with Crippen molar-refractivity contribution in [3.63, 3.8) is 0 Å². The van der Waals surface area contributed by atoms with Crippen molar-refractivity contribution >= 4 is 10.8 Å². The molecule has 2 aromatic carbocycles. The molecule has 3 atom stereocenters. The van der Waals surface area contributed by atoms with Gasteiger partial charge >= 0.3 is 0 Å². The van der Waals surface area contributed by atoms with E-state index < -0.39 is 10.8 Å². The van der Waals surface area contributed by atoms with Crippen molar-refractivity contribution in [2.45, 2.75) is 11.3 Å². The van der Waals surface area contributed by atoms with Gasteiger partial charge in [0.1, 0.15) is 0 Å². The molecule has 0 amide bonds. The van der Waals surface area contributed by atoms with Crippen molar-refractivity contribution in [3.05, 3.63) is 71.8 Å². The molecule has 0 saturated carbocycles. The second-order valence-corrected chi connectivity index (χ2v) is 6.93. The largest absolute Gasteiger partial charge is 0.297 e. The Morgan fingerprint density at radius 3 is 2.10 bits per heavy atom. The molecule has 0 radical (unpaired) electrons. The summed E-state index contributed by atoms with van der Waals surface area (Å²) in [5, 5.41) is 0.0531. The smallest absolute Gasteiger partial charge is 0.0794 e. The van der Waals surface area contributed by atoms with Crippen LogP contribution in [0.3, 0.4) is 0 Å². The van der Waals surface area contributed by atoms with Crippen LogP contribution in [-0.2, 0) is 10.8 Å². The minimum atomic E-state index is -0.822. The number of hydrogen-bond acceptors (Lipinski definition) is 2. The zero-order valence-corrected chi connectivity index (χ0v) is 12.4. The summed E-state index contributed by atoms with van der Waals surface area (Å²) in [4.78, 5) is 2.33. The highest BCUT2D eigenvalue weighted by Gasteiger charge is 2.36. The average Bonchev–Trinajstić information content (AvgIpc) is 2.51. The number of rotatable bonds is 2. The normalized spacial score (nSPS) is 27.4. The molecule has 0 bridgehead atoms. The van der Waals surface area contributed by atoms with Crippen LogP contribution in [0.15, 0.2) is 60.7 Å². The molecule has 2 nitrogen and oxygen atoms in total. The third-order valence-corrected chi connectivity index (χ3v) is 5.64. The lowest BCUT2D eigenvalue weighted by Gasteiger charge is -2.39. The Morgan fingerprint density at radius 2 is 1.50 bits per heavy atom. The van der Waals surface area contributed by atoms with E-state index in [4.69, 9.17) is 0 Å². The maximum absolute atomic E-state index is 12.6. The fraction of sp³-hybridized carbons (Fsp3) is 0.294. The zero-order chi connectivity index (χ0) is 13.9. The van der Waals surface area contributed by atoms with Gasteiger partial charge in [-0.1, -0.05) is 60.7 Å². The Bertz CT molecular complexity index is 584. The quantitative estimate of drug-likeness (QED) is 0.845. The standard InChI is InChI=1S/C17H19NOS/c1-18-12-13-20(19)17(15-10-6-3-7-11-15)16(18)14-8-4-2-5-9-14/h2-11,16-17H,12-13H2,1H3/t16-,17-,20?/m1/s1. The summed E-state index contributed by atoms with van der Waals surface area (Å²) >= 11 is 0. The minimum absolute atomic E-state index is 0.0531. The molecule has 0 aromatic heterocycles. The monoisotopic (exact) mass is 285 g/mol. The molecule has 1 fully saturated rings. The topological polar surface area (TPSA) is 20.3 Å². The van der Waals surface area contributed by atoms with Crippen LogP contribution in [-0.4, -0.2) is 28.5 Å². The second-order valence-electron chi connectivity index (χ2n) is 5.25. The third kappa shape index (κ3) is 2.56. The zero-order valence-electron chi connectivity index (χ0n) is 11.6. The van der Waals surface area contributed by atoms with Gasteiger partial charge in [0.2, 0.25) is 0 Å². The van der Waals surface area contributed by atoms with Gasteiger partial charge in [0, 0.05) is 23.1 Å². The fourth-order valence-electron chi connectivity index (χ4n) is 2.93. The molecule has 104 valence electrons. The maximum atomic E-state index is 12.6. The van der Waals surface area contributed by atoms with Crippen LogP contribution in [0.2, 0.25) is 0 Å². The van der Waals surface area contributed by atoms with Crippen LogP contribution >= 0.6 is 0 Å². The summed E-state index contributed by atoms with van der Waals surface area (Å²) in [6.07, 6.45) is 0. The summed E-state index contributed by atoms with van der Waals surface area (Å²) < 4.78 is 12.6. The van der Waals surface area contributed by atoms with E-state index in [1.165, 1.54) is 11.1 Å². The Hall–Kier alpha value is -1.45. The fourth-order valence-corrected chi connectivity index (χ4v) is 4.77. The van der Waals surface area contributed by atoms with E-state index in [1.807, 2.05) is 24.3 Å². The molecule has 1 aliphatic rings. The van der Waals surface area contributed by atoms with E-state index in [9.17, 15) is 4.21 Å². The Balaban J connectivity index is 2.05. The number of nitrogens with zero attached hydrogens (tertiary/aromatic N) is 1. The van der Waals surface area contributed by atoms with Crippen molar-refractivity contribution in [2.75, 3.05) is 19.3 Å². The average molecular weight is 285 g/mol. The molecule has 3 heteroatoms. The number of likely N-dealkylation sites (N-methyl/N-ethyl adjacent to an activating group) is 1. The summed E-state index contributed by atoms with van der Waals surface area (Å²) in [6.45, 7) is 0.884. The first-order valence-corrected chi connectivity index (χ1v) is 8.33. The Kier molecular flexibility index (Phi) is 3.99. The first-order chi connectivity index (χ1) is 9.77. The number of benzene rings is 2. The molecule has 1 aliphatic heterocycles. The summed E-state index contributed by atoms with van der Waals surface area (Å²) in [6, 6.07) is 20.9. The highest BCUT2D eigenvalue weighted by Crippen LogP contribution is 2.40. The molecule has 2 aromatic rings. The van der Waals surface area contributed by atoms with Crippen LogP contribution in [0.25, 0.3) is 0 Å². The highest BCUT2D eigenvalue weighted by molar-refractivity contribution is 7.85. The van der Waals surface area contributed by atoms with Gasteiger partial charge in [0.25, 0.3) is 0 Å². The van der Waals surface area contributed by atoms with Crippen LogP contribution in [0.1, 0.15) is 22.4 Å². The minimum Gasteiger partial charge on any atom is -0.297 e. The molecule has 20 heavy (non-hydrogen) atoms. The van der Waals surface area contributed by atoms with Crippen LogP contribution in [0.5, 0.6) is 0 Å². The van der Waals surface area contributed by atoms with Gasteiger partial charge in [0.15, 0.2) is 0 Å². The molecule has 0 spiro atoms. The Morgan fingerprint density at radius 1 is 0.950 bits per heavy atom. The van der Waals surface area contributed by atoms with Gasteiger partial charge in [-0.05, 0) is 18.2 Å². The van der Waals surface area contributed by atoms with Gasteiger partial charge in [-0.2, -0.15) is 0 Å². The van der Waals surface area contributed by atoms with Gasteiger partial charge in [0.05, 0.1) is 11.3 Å². The molecule has 1 heterocycles. The van der Waals surface area contributed by atoms with Gasteiger partial charge < -0.3 is 0 Å². The molecule has 1 saturated heterocycles. The van der Waals surface area contributed by atoms with Crippen molar-refractivity contribution in [1.29, 1.82) is 0 Å². The lowest BCUT2D eigenvalue weighted by molar-refractivity contribution is 0.240. The van der Waals surface area contributed by atoms with Crippen LogP contribution in [0.4, 0.5) is 0 Å². The number of hydrogen-bond donors (Lipinski definition) is 0. The highest BCUT2D eigenvalue weighted by atomic mass is 32.2. The molecule has 1 unspecified atom stereocenters. The summed E-state index contributed by atoms with van der Waals surface area (Å²) in [5.74, 6) is 0.749. The second kappa shape index (κ2) is 5.90. The first-order valence-electron chi connectivity index (χ1n) is 6.94. The van der Waals surface area contributed by atoms with E-state index in [1.54, 1.807) is 0 Å². The summed E-state index contributed by atoms with van der Waals surface area (Å²) in [5.41, 5.74) is 2.42. The third-order valence-electron chi connectivity index (χ3n) is 3.96. The van der Waals surface area contributed by atoms with E-state index in [-0.39, 0.29) is 11.3 Å². The predicted molar refractivity (Wildman–Crippen MR) is 84.0 cm³/mol. The first kappa shape index (κ1) is 13.5. The molecular formula is C17H19NOS. The molecule has 3 rings (SSSR count). The maximum Gasteiger partial charge on any atom is 0.0794 e. The van der Waals surface area contributed by atoms with E-state index in [0.29, 0.717) is 0 Å². The van der Waals surface area contributed by atoms with Crippen molar-refractivity contribution in [1.82, 2.24) is 4.90 Å². The van der Waals surface area contributed by atoms with Gasteiger partial charge in [-0.25, -0.2) is 0 Å². The lowest BCUT2D eigenvalue weighted by Crippen LogP contribution is -2.40. The van der Waals surface area contributed by atoms with E-state index in [2.05, 4.69) is 48.3 Å². The Labute approximate surface area is 122 Å². The predicted octanol–water partition coefficient (Wildman–Crippen LogP) is 3.16. The van der Waals surface area contributed by atoms with Crippen LogP contribution in [0, 0.1) is 0 Å².